The second kappa shape index (κ2) is 12.8. The summed E-state index contributed by atoms with van der Waals surface area (Å²) >= 11 is 0. The Morgan fingerprint density at radius 2 is 1.97 bits per heavy atom. The first kappa shape index (κ1) is 24.5. The fraction of sp³-hybridized carbons (Fsp3) is 0.240. The van der Waals surface area contributed by atoms with E-state index in [2.05, 4.69) is 58.4 Å². The van der Waals surface area contributed by atoms with Crippen molar-refractivity contribution in [3.63, 3.8) is 0 Å². The smallest absolute Gasteiger partial charge is 0.214 e. The minimum absolute atomic E-state index is 0.135. The van der Waals surface area contributed by atoms with E-state index in [0.717, 1.165) is 12.0 Å². The Morgan fingerprint density at radius 1 is 1.16 bits per heavy atom. The van der Waals surface area contributed by atoms with E-state index >= 15 is 0 Å². The number of pyridine rings is 2. The fourth-order valence-electron chi connectivity index (χ4n) is 2.86. The van der Waals surface area contributed by atoms with Crippen LogP contribution in [0.2, 0.25) is 0 Å². The fourth-order valence-corrected chi connectivity index (χ4v) is 2.86. The maximum Gasteiger partial charge on any atom is 0.214 e. The molecular formula is C25H27FN4O2. The number of benzene rings is 1. The number of aliphatic hydroxyl groups excluding tert-OH is 1. The second-order valence-electron chi connectivity index (χ2n) is 7.31. The Balaban J connectivity index is 0.000000278. The first-order valence-corrected chi connectivity index (χ1v) is 10.2. The number of aliphatic hydroxyl groups is 1. The lowest BCUT2D eigenvalue weighted by Gasteiger charge is -2.04. The van der Waals surface area contributed by atoms with Crippen molar-refractivity contribution in [1.82, 2.24) is 9.97 Å². The van der Waals surface area contributed by atoms with Gasteiger partial charge in [-0.15, -0.1) is 0 Å². The first-order chi connectivity index (χ1) is 15.4. The molecule has 32 heavy (non-hydrogen) atoms. The number of halogens is 1. The molecule has 0 atom stereocenters. The maximum absolute atomic E-state index is 12.4. The van der Waals surface area contributed by atoms with Gasteiger partial charge < -0.3 is 15.7 Å². The minimum Gasteiger partial charge on any atom is -0.392 e. The van der Waals surface area contributed by atoms with Crippen LogP contribution in [-0.4, -0.2) is 28.5 Å². The summed E-state index contributed by atoms with van der Waals surface area (Å²) in [7, 11) is 1.66. The molecule has 0 fully saturated rings. The largest absolute Gasteiger partial charge is 0.392 e. The number of hydrogen-bond acceptors (Lipinski definition) is 5. The van der Waals surface area contributed by atoms with Crippen LogP contribution >= 0.6 is 0 Å². The molecule has 2 heterocycles. The summed E-state index contributed by atoms with van der Waals surface area (Å²) < 4.78 is 12.4. The third-order valence-corrected chi connectivity index (χ3v) is 4.28. The van der Waals surface area contributed by atoms with Crippen LogP contribution in [0.1, 0.15) is 36.2 Å². The van der Waals surface area contributed by atoms with Crippen molar-refractivity contribution in [2.45, 2.75) is 26.9 Å². The third kappa shape index (κ3) is 8.17. The standard InChI is InChI=1S/C18H18N2O.C7H9FN2O/c1-14(2)10-16-5-3-4-15(11-16)6-7-17-12-18(20-13-21)8-9-19-17;1-9-6-2-7(8)10-3-5(6)4-11/h3-5,8-9,11-14H,10H2,1-2H3,(H,19,20,21);2-3,11H,4H2,1H3,(H,9,10). The number of carbonyl (C=O) groups is 1. The molecule has 0 saturated carbocycles. The van der Waals surface area contributed by atoms with Gasteiger partial charge in [-0.05, 0) is 48.1 Å². The topological polar surface area (TPSA) is 87.1 Å². The van der Waals surface area contributed by atoms with Crippen LogP contribution < -0.4 is 10.6 Å². The van der Waals surface area contributed by atoms with Gasteiger partial charge in [-0.3, -0.25) is 4.79 Å². The number of carbonyl (C=O) groups excluding carboxylic acids is 1. The summed E-state index contributed by atoms with van der Waals surface area (Å²) in [6, 6.07) is 13.0. The summed E-state index contributed by atoms with van der Waals surface area (Å²) in [5.41, 5.74) is 4.76. The monoisotopic (exact) mass is 434 g/mol. The Kier molecular flexibility index (Phi) is 9.82. The van der Waals surface area contributed by atoms with Crippen LogP contribution in [0.15, 0.2) is 54.9 Å². The molecule has 1 aromatic carbocycles. The molecule has 0 aliphatic carbocycles. The molecule has 3 rings (SSSR count). The number of nitrogens with one attached hydrogen (secondary N) is 2. The van der Waals surface area contributed by atoms with E-state index in [-0.39, 0.29) is 6.61 Å². The summed E-state index contributed by atoms with van der Waals surface area (Å²) in [6.45, 7) is 4.27. The van der Waals surface area contributed by atoms with Crippen LogP contribution in [0.3, 0.4) is 0 Å². The van der Waals surface area contributed by atoms with E-state index in [9.17, 15) is 9.18 Å². The zero-order chi connectivity index (χ0) is 23.3. The highest BCUT2D eigenvalue weighted by Gasteiger charge is 2.01. The summed E-state index contributed by atoms with van der Waals surface area (Å²) in [4.78, 5) is 18.0. The van der Waals surface area contributed by atoms with E-state index < -0.39 is 5.95 Å². The van der Waals surface area contributed by atoms with Crippen LogP contribution in [-0.2, 0) is 17.8 Å². The Morgan fingerprint density at radius 3 is 2.66 bits per heavy atom. The van der Waals surface area contributed by atoms with Gasteiger partial charge in [0, 0.05) is 48.0 Å². The molecule has 0 bridgehead atoms. The zero-order valence-corrected chi connectivity index (χ0v) is 18.4. The molecule has 0 aliphatic heterocycles. The lowest BCUT2D eigenvalue weighted by atomic mass is 10.0. The van der Waals surface area contributed by atoms with E-state index in [1.54, 1.807) is 25.4 Å². The third-order valence-electron chi connectivity index (χ3n) is 4.28. The van der Waals surface area contributed by atoms with Crippen LogP contribution in [0.25, 0.3) is 0 Å². The molecule has 2 aromatic heterocycles. The highest BCUT2D eigenvalue weighted by molar-refractivity contribution is 5.71. The number of aromatic nitrogens is 2. The Bertz CT molecular complexity index is 1090. The van der Waals surface area contributed by atoms with Gasteiger partial charge >= 0.3 is 0 Å². The molecule has 166 valence electrons. The lowest BCUT2D eigenvalue weighted by molar-refractivity contribution is -0.105. The second-order valence-corrected chi connectivity index (χ2v) is 7.31. The minimum atomic E-state index is -0.549. The molecule has 1 amide bonds. The van der Waals surface area contributed by atoms with Crippen molar-refractivity contribution in [1.29, 1.82) is 0 Å². The van der Waals surface area contributed by atoms with Gasteiger partial charge in [-0.1, -0.05) is 31.9 Å². The molecule has 0 spiro atoms. The predicted octanol–water partition coefficient (Wildman–Crippen LogP) is 4.00. The Hall–Kier alpha value is -3.76. The maximum atomic E-state index is 12.4. The number of rotatable bonds is 6. The molecule has 0 saturated heterocycles. The van der Waals surface area contributed by atoms with Crippen LogP contribution in [0, 0.1) is 23.7 Å². The van der Waals surface area contributed by atoms with Crippen molar-refractivity contribution in [3.05, 3.63) is 83.2 Å². The average molecular weight is 435 g/mol. The zero-order valence-electron chi connectivity index (χ0n) is 18.4. The van der Waals surface area contributed by atoms with Gasteiger partial charge in [-0.2, -0.15) is 4.39 Å². The van der Waals surface area contributed by atoms with Crippen molar-refractivity contribution in [2.24, 2.45) is 5.92 Å². The first-order valence-electron chi connectivity index (χ1n) is 10.2. The molecular weight excluding hydrogens is 407 g/mol. The van der Waals surface area contributed by atoms with Crippen LogP contribution in [0.4, 0.5) is 15.8 Å². The number of amides is 1. The van der Waals surface area contributed by atoms with Crippen molar-refractivity contribution >= 4 is 17.8 Å². The van der Waals surface area contributed by atoms with Gasteiger partial charge in [-0.25, -0.2) is 9.97 Å². The number of nitrogens with zero attached hydrogens (tertiary/aromatic N) is 2. The van der Waals surface area contributed by atoms with Gasteiger partial charge in [0.25, 0.3) is 0 Å². The number of anilines is 2. The summed E-state index contributed by atoms with van der Waals surface area (Å²) in [5.74, 6) is 6.21. The van der Waals surface area contributed by atoms with Crippen molar-refractivity contribution in [3.8, 4) is 11.8 Å². The van der Waals surface area contributed by atoms with E-state index in [1.165, 1.54) is 17.8 Å². The molecule has 3 aromatic rings. The molecule has 7 heteroatoms. The van der Waals surface area contributed by atoms with Gasteiger partial charge in [0.2, 0.25) is 12.4 Å². The van der Waals surface area contributed by atoms with E-state index in [0.29, 0.717) is 35.0 Å². The molecule has 0 radical (unpaired) electrons. The Labute approximate surface area is 187 Å². The average Bonchev–Trinajstić information content (AvgIpc) is 2.78. The molecule has 6 nitrogen and oxygen atoms in total. The quantitative estimate of drug-likeness (QED) is 0.310. The normalized spacial score (nSPS) is 9.81. The lowest BCUT2D eigenvalue weighted by Crippen LogP contribution is -1.97. The van der Waals surface area contributed by atoms with Gasteiger partial charge in [0.1, 0.15) is 5.69 Å². The summed E-state index contributed by atoms with van der Waals surface area (Å²) in [6.07, 6.45) is 4.63. The SMILES string of the molecule is CC(C)Cc1cccc(C#Cc2cc(NC=O)ccn2)c1.CNc1cc(F)ncc1CO. The van der Waals surface area contributed by atoms with Crippen molar-refractivity contribution < 1.29 is 14.3 Å². The molecule has 0 aliphatic rings. The highest BCUT2D eigenvalue weighted by Crippen LogP contribution is 2.14. The van der Waals surface area contributed by atoms with Gasteiger partial charge in [0.05, 0.1) is 6.61 Å². The van der Waals surface area contributed by atoms with E-state index in [4.69, 9.17) is 5.11 Å². The predicted molar refractivity (Wildman–Crippen MR) is 125 cm³/mol. The van der Waals surface area contributed by atoms with E-state index in [1.807, 2.05) is 12.1 Å². The molecule has 3 N–H and O–H groups in total. The summed E-state index contributed by atoms with van der Waals surface area (Å²) in [5, 5.41) is 14.1. The number of hydrogen-bond donors (Lipinski definition) is 3. The highest BCUT2D eigenvalue weighted by atomic mass is 19.1. The van der Waals surface area contributed by atoms with Crippen molar-refractivity contribution in [2.75, 3.05) is 17.7 Å². The van der Waals surface area contributed by atoms with Crippen LogP contribution in [0.5, 0.6) is 0 Å². The molecule has 0 unspecified atom stereocenters. The van der Waals surface area contributed by atoms with Gasteiger partial charge in [0.15, 0.2) is 0 Å².